The second-order valence-corrected chi connectivity index (χ2v) is 8.27. The summed E-state index contributed by atoms with van der Waals surface area (Å²) in [6.07, 6.45) is 4.36. The van der Waals surface area contributed by atoms with Crippen LogP contribution >= 0.6 is 0 Å². The zero-order chi connectivity index (χ0) is 23.4. The minimum absolute atomic E-state index is 0.0135. The van der Waals surface area contributed by atoms with Crippen molar-refractivity contribution in [1.82, 2.24) is 14.9 Å². The number of hydrogen-bond donors (Lipinski definition) is 0. The number of carbonyl (C=O) groups excluding carboxylic acids is 1. The summed E-state index contributed by atoms with van der Waals surface area (Å²) in [6.45, 7) is 7.74. The lowest BCUT2D eigenvalue weighted by atomic mass is 10.1. The van der Waals surface area contributed by atoms with Gasteiger partial charge in [0.1, 0.15) is 0 Å². The lowest BCUT2D eigenvalue weighted by Gasteiger charge is -2.18. The highest BCUT2D eigenvalue weighted by atomic mass is 16.5. The van der Waals surface area contributed by atoms with Crippen LogP contribution in [0.1, 0.15) is 29.3 Å². The van der Waals surface area contributed by atoms with E-state index in [1.165, 1.54) is 0 Å². The van der Waals surface area contributed by atoms with Crippen LogP contribution in [-0.4, -0.2) is 47.9 Å². The van der Waals surface area contributed by atoms with Gasteiger partial charge in [0.05, 0.1) is 31.2 Å². The predicted molar refractivity (Wildman–Crippen MR) is 129 cm³/mol. The third-order valence-corrected chi connectivity index (χ3v) is 5.36. The summed E-state index contributed by atoms with van der Waals surface area (Å²) in [6, 6.07) is 13.5. The molecule has 4 rings (SSSR count). The van der Waals surface area contributed by atoms with Crippen molar-refractivity contribution in [3.63, 3.8) is 0 Å². The summed E-state index contributed by atoms with van der Waals surface area (Å²) in [5, 5.41) is 0. The monoisotopic (exact) mass is 444 g/mol. The minimum Gasteiger partial charge on any atom is -0.490 e. The van der Waals surface area contributed by atoms with Crippen molar-refractivity contribution in [2.24, 2.45) is 0 Å². The third kappa shape index (κ3) is 5.38. The average molecular weight is 445 g/mol. The number of benzene rings is 2. The van der Waals surface area contributed by atoms with Gasteiger partial charge in [-0.1, -0.05) is 18.2 Å². The third-order valence-electron chi connectivity index (χ3n) is 5.36. The molecule has 0 unspecified atom stereocenters. The quantitative estimate of drug-likeness (QED) is 0.354. The van der Waals surface area contributed by atoms with Crippen LogP contribution in [0.5, 0.6) is 11.5 Å². The number of anilines is 1. The largest absolute Gasteiger partial charge is 0.490 e. The Balaban J connectivity index is 1.46. The minimum atomic E-state index is 0.0135. The highest BCUT2D eigenvalue weighted by Crippen LogP contribution is 2.40. The summed E-state index contributed by atoms with van der Waals surface area (Å²) in [4.78, 5) is 24.9. The molecule has 0 atom stereocenters. The molecule has 3 aromatic rings. The van der Waals surface area contributed by atoms with Gasteiger partial charge in [0.15, 0.2) is 29.0 Å². The molecule has 0 saturated carbocycles. The highest BCUT2D eigenvalue weighted by Gasteiger charge is 2.26. The van der Waals surface area contributed by atoms with Gasteiger partial charge in [0.2, 0.25) is 0 Å². The van der Waals surface area contributed by atoms with Gasteiger partial charge >= 0.3 is 0 Å². The van der Waals surface area contributed by atoms with Gasteiger partial charge in [0, 0.05) is 17.7 Å². The van der Waals surface area contributed by atoms with E-state index in [4.69, 9.17) is 9.47 Å². The van der Waals surface area contributed by atoms with Crippen LogP contribution in [0.2, 0.25) is 0 Å². The maximum absolute atomic E-state index is 11.8. The first-order valence-electron chi connectivity index (χ1n) is 10.9. The number of aromatic nitrogens is 2. The Bertz CT molecular complexity index is 1160. The first-order chi connectivity index (χ1) is 15.9. The lowest BCUT2D eigenvalue weighted by molar-refractivity contribution is 0.101. The Morgan fingerprint density at radius 2 is 1.94 bits per heavy atom. The molecule has 1 aromatic heterocycles. The lowest BCUT2D eigenvalue weighted by Crippen LogP contribution is -2.18. The number of carbonyl (C=O) groups is 1. The summed E-state index contributed by atoms with van der Waals surface area (Å²) in [5.41, 5.74) is 3.44. The number of hydrogen-bond acceptors (Lipinski definition) is 7. The molecular formula is C26H28N4O3. The zero-order valence-electron chi connectivity index (χ0n) is 19.2. The smallest absolute Gasteiger partial charge is 0.193 e. The van der Waals surface area contributed by atoms with E-state index in [1.54, 1.807) is 25.4 Å². The van der Waals surface area contributed by atoms with Gasteiger partial charge in [-0.15, -0.1) is 0 Å². The number of rotatable bonds is 9. The second-order valence-electron chi connectivity index (χ2n) is 8.27. The SMILES string of the molecule is C=C1Oc2ccc(C(C)=O)cc2N1Cc1cccc(-c2ncc(OCCCN(C)C)cn2)c1. The Morgan fingerprint density at radius 1 is 1.15 bits per heavy atom. The fourth-order valence-corrected chi connectivity index (χ4v) is 3.63. The van der Waals surface area contributed by atoms with E-state index in [9.17, 15) is 4.79 Å². The van der Waals surface area contributed by atoms with Crippen LogP contribution in [-0.2, 0) is 6.54 Å². The van der Waals surface area contributed by atoms with E-state index in [0.29, 0.717) is 41.9 Å². The molecule has 2 aromatic carbocycles. The molecule has 33 heavy (non-hydrogen) atoms. The average Bonchev–Trinajstić information content (AvgIpc) is 3.11. The van der Waals surface area contributed by atoms with Crippen LogP contribution in [0.4, 0.5) is 5.69 Å². The predicted octanol–water partition coefficient (Wildman–Crippen LogP) is 4.55. The molecule has 2 heterocycles. The second kappa shape index (κ2) is 9.83. The molecule has 0 aliphatic carbocycles. The van der Waals surface area contributed by atoms with E-state index in [0.717, 1.165) is 29.8 Å². The molecule has 0 spiro atoms. The zero-order valence-corrected chi connectivity index (χ0v) is 19.2. The number of ketones is 1. The summed E-state index contributed by atoms with van der Waals surface area (Å²) >= 11 is 0. The Morgan fingerprint density at radius 3 is 2.67 bits per heavy atom. The Kier molecular flexibility index (Phi) is 6.70. The maximum Gasteiger partial charge on any atom is 0.193 e. The molecule has 1 aliphatic heterocycles. The molecule has 0 amide bonds. The van der Waals surface area contributed by atoms with Crippen LogP contribution in [0.25, 0.3) is 11.4 Å². The molecule has 0 saturated heterocycles. The molecule has 7 nitrogen and oxygen atoms in total. The highest BCUT2D eigenvalue weighted by molar-refractivity contribution is 5.95. The van der Waals surface area contributed by atoms with Gasteiger partial charge in [-0.25, -0.2) is 9.97 Å². The summed E-state index contributed by atoms with van der Waals surface area (Å²) in [5.74, 6) is 2.54. The van der Waals surface area contributed by atoms with E-state index in [2.05, 4.69) is 21.4 Å². The first kappa shape index (κ1) is 22.5. The van der Waals surface area contributed by atoms with E-state index in [-0.39, 0.29) is 5.78 Å². The fraction of sp³-hybridized carbons (Fsp3) is 0.269. The molecule has 0 N–H and O–H groups in total. The van der Waals surface area contributed by atoms with Crippen LogP contribution in [0.3, 0.4) is 0 Å². The van der Waals surface area contributed by atoms with Crippen LogP contribution in [0, 0.1) is 0 Å². The van der Waals surface area contributed by atoms with Crippen molar-refractivity contribution in [1.29, 1.82) is 0 Å². The molecule has 0 bridgehead atoms. The summed E-state index contributed by atoms with van der Waals surface area (Å²) < 4.78 is 11.5. The normalized spacial score (nSPS) is 12.6. The van der Waals surface area contributed by atoms with Crippen molar-refractivity contribution < 1.29 is 14.3 Å². The summed E-state index contributed by atoms with van der Waals surface area (Å²) in [7, 11) is 4.08. The molecule has 170 valence electrons. The molecular weight excluding hydrogens is 416 g/mol. The Hall–Kier alpha value is -3.71. The van der Waals surface area contributed by atoms with Crippen molar-refractivity contribution in [2.45, 2.75) is 19.9 Å². The van der Waals surface area contributed by atoms with Crippen molar-refractivity contribution in [3.8, 4) is 22.9 Å². The number of fused-ring (bicyclic) bond motifs is 1. The molecule has 0 radical (unpaired) electrons. The van der Waals surface area contributed by atoms with E-state index in [1.807, 2.05) is 55.4 Å². The number of ether oxygens (including phenoxy) is 2. The maximum atomic E-state index is 11.8. The van der Waals surface area contributed by atoms with Gasteiger partial charge in [-0.2, -0.15) is 0 Å². The van der Waals surface area contributed by atoms with Crippen molar-refractivity contribution >= 4 is 11.5 Å². The Labute approximate surface area is 194 Å². The van der Waals surface area contributed by atoms with E-state index < -0.39 is 0 Å². The van der Waals surface area contributed by atoms with Gasteiger partial charge in [0.25, 0.3) is 0 Å². The van der Waals surface area contributed by atoms with Gasteiger partial charge in [-0.05, 0) is 63.8 Å². The van der Waals surface area contributed by atoms with Gasteiger partial charge in [-0.3, -0.25) is 4.79 Å². The molecule has 0 fully saturated rings. The topological polar surface area (TPSA) is 67.8 Å². The van der Waals surface area contributed by atoms with Crippen molar-refractivity contribution in [2.75, 3.05) is 32.1 Å². The molecule has 1 aliphatic rings. The standard InChI is InChI=1S/C26H28N4O3/c1-18(31)21-9-10-25-24(14-21)30(19(2)33-25)17-20-7-5-8-22(13-20)26-27-15-23(16-28-26)32-12-6-11-29(3)4/h5,7-10,13-16H,2,6,11-12,17H2,1,3-4H3. The number of nitrogens with zero attached hydrogens (tertiary/aromatic N) is 4. The van der Waals surface area contributed by atoms with E-state index >= 15 is 0 Å². The van der Waals surface area contributed by atoms with Crippen LogP contribution in [0.15, 0.2) is 67.3 Å². The van der Waals surface area contributed by atoms with Crippen LogP contribution < -0.4 is 14.4 Å². The number of Topliss-reactive ketones (excluding diaryl/α,β-unsaturated/α-hetero) is 1. The van der Waals surface area contributed by atoms with Crippen molar-refractivity contribution in [3.05, 3.63) is 78.4 Å². The first-order valence-corrected chi connectivity index (χ1v) is 10.9. The molecule has 7 heteroatoms. The van der Waals surface area contributed by atoms with Gasteiger partial charge < -0.3 is 19.3 Å². The fourth-order valence-electron chi connectivity index (χ4n) is 3.63.